The maximum Gasteiger partial charge on any atom is 0.328 e. The van der Waals surface area contributed by atoms with Crippen LogP contribution in [0.2, 0.25) is 0 Å². The lowest BCUT2D eigenvalue weighted by Crippen LogP contribution is -2.17. The van der Waals surface area contributed by atoms with Gasteiger partial charge >= 0.3 is 5.69 Å². The lowest BCUT2D eigenvalue weighted by atomic mass is 10.4. The molecule has 0 aliphatic rings. The van der Waals surface area contributed by atoms with Gasteiger partial charge in [-0.05, 0) is 6.42 Å². The summed E-state index contributed by atoms with van der Waals surface area (Å²) in [5.74, 6) is -0.0940. The van der Waals surface area contributed by atoms with Crippen molar-refractivity contribution in [2.24, 2.45) is 0 Å². The van der Waals surface area contributed by atoms with Crippen molar-refractivity contribution >= 4 is 0 Å². The molecule has 0 atom stereocenters. The van der Waals surface area contributed by atoms with Crippen LogP contribution in [0.3, 0.4) is 0 Å². The standard InChI is InChI=1S/C6H10N2O3/c9-3-1-2-8-5(10)4-7-6(8)11/h4,9-10H,1-3H2,(H,7,11). The van der Waals surface area contributed by atoms with E-state index in [9.17, 15) is 4.79 Å². The number of aromatic amines is 1. The van der Waals surface area contributed by atoms with Crippen molar-refractivity contribution < 1.29 is 10.2 Å². The molecule has 1 heterocycles. The van der Waals surface area contributed by atoms with Crippen molar-refractivity contribution in [3.63, 3.8) is 0 Å². The summed E-state index contributed by atoms with van der Waals surface area (Å²) in [5.41, 5.74) is -0.351. The van der Waals surface area contributed by atoms with Gasteiger partial charge in [0.05, 0.1) is 6.20 Å². The van der Waals surface area contributed by atoms with Gasteiger partial charge < -0.3 is 15.2 Å². The molecule has 0 saturated heterocycles. The lowest BCUT2D eigenvalue weighted by molar-refractivity contribution is 0.275. The highest BCUT2D eigenvalue weighted by atomic mass is 16.3. The molecule has 0 aromatic carbocycles. The van der Waals surface area contributed by atoms with Crippen LogP contribution in [0.4, 0.5) is 0 Å². The summed E-state index contributed by atoms with van der Waals surface area (Å²) in [4.78, 5) is 13.1. The predicted octanol–water partition coefficient (Wildman–Crippen LogP) is -0.736. The van der Waals surface area contributed by atoms with Crippen LogP contribution >= 0.6 is 0 Å². The Bertz CT molecular complexity index is 276. The molecule has 5 nitrogen and oxygen atoms in total. The Kier molecular flexibility index (Phi) is 2.32. The molecule has 0 bridgehead atoms. The van der Waals surface area contributed by atoms with Crippen LogP contribution < -0.4 is 5.69 Å². The van der Waals surface area contributed by atoms with Crippen molar-refractivity contribution in [3.8, 4) is 5.88 Å². The highest BCUT2D eigenvalue weighted by Crippen LogP contribution is 2.02. The van der Waals surface area contributed by atoms with Gasteiger partial charge in [-0.15, -0.1) is 0 Å². The van der Waals surface area contributed by atoms with E-state index in [2.05, 4.69) is 4.98 Å². The Morgan fingerprint density at radius 3 is 2.82 bits per heavy atom. The number of nitrogens with one attached hydrogen (secondary N) is 1. The highest BCUT2D eigenvalue weighted by molar-refractivity contribution is 5.02. The van der Waals surface area contributed by atoms with Crippen LogP contribution in [0, 0.1) is 0 Å². The minimum atomic E-state index is -0.351. The zero-order valence-electron chi connectivity index (χ0n) is 5.95. The second-order valence-electron chi connectivity index (χ2n) is 2.18. The second kappa shape index (κ2) is 3.25. The number of imidazole rings is 1. The minimum absolute atomic E-state index is 0.0110. The summed E-state index contributed by atoms with van der Waals surface area (Å²) < 4.78 is 1.16. The van der Waals surface area contributed by atoms with Crippen molar-refractivity contribution in [3.05, 3.63) is 16.7 Å². The Labute approximate surface area is 62.9 Å². The third kappa shape index (κ3) is 1.62. The van der Waals surface area contributed by atoms with E-state index in [0.717, 1.165) is 4.57 Å². The summed E-state index contributed by atoms with van der Waals surface area (Å²) in [6.45, 7) is 0.349. The summed E-state index contributed by atoms with van der Waals surface area (Å²) in [5, 5.41) is 17.4. The van der Waals surface area contributed by atoms with E-state index in [1.807, 2.05) is 0 Å². The van der Waals surface area contributed by atoms with Crippen LogP contribution in [0.5, 0.6) is 5.88 Å². The molecule has 0 unspecified atom stereocenters. The molecule has 0 aliphatic heterocycles. The van der Waals surface area contributed by atoms with Gasteiger partial charge in [0.1, 0.15) is 0 Å². The van der Waals surface area contributed by atoms with Crippen LogP contribution in [-0.4, -0.2) is 26.4 Å². The molecule has 0 saturated carbocycles. The first-order valence-electron chi connectivity index (χ1n) is 3.33. The maximum absolute atomic E-state index is 10.8. The zero-order chi connectivity index (χ0) is 8.27. The summed E-state index contributed by atoms with van der Waals surface area (Å²) in [6.07, 6.45) is 1.69. The first-order chi connectivity index (χ1) is 5.25. The van der Waals surface area contributed by atoms with E-state index in [-0.39, 0.29) is 18.2 Å². The number of hydrogen-bond acceptors (Lipinski definition) is 3. The number of aromatic hydroxyl groups is 1. The minimum Gasteiger partial charge on any atom is -0.493 e. The van der Waals surface area contributed by atoms with Crippen molar-refractivity contribution in [1.29, 1.82) is 0 Å². The highest BCUT2D eigenvalue weighted by Gasteiger charge is 2.01. The van der Waals surface area contributed by atoms with Gasteiger partial charge in [-0.2, -0.15) is 0 Å². The van der Waals surface area contributed by atoms with E-state index >= 15 is 0 Å². The van der Waals surface area contributed by atoms with Crippen LogP contribution in [0.1, 0.15) is 6.42 Å². The SMILES string of the molecule is O=c1[nH]cc(O)n1CCCO. The Morgan fingerprint density at radius 2 is 2.36 bits per heavy atom. The molecule has 1 aromatic rings. The van der Waals surface area contributed by atoms with Gasteiger partial charge in [0.25, 0.3) is 0 Å². The van der Waals surface area contributed by atoms with Gasteiger partial charge in [-0.3, -0.25) is 4.57 Å². The summed E-state index contributed by atoms with van der Waals surface area (Å²) in [7, 11) is 0. The number of aliphatic hydroxyl groups is 1. The normalized spacial score (nSPS) is 10.3. The molecule has 3 N–H and O–H groups in total. The number of nitrogens with zero attached hydrogens (tertiary/aromatic N) is 1. The summed E-state index contributed by atoms with van der Waals surface area (Å²) >= 11 is 0. The fourth-order valence-corrected chi connectivity index (χ4v) is 0.831. The van der Waals surface area contributed by atoms with Crippen molar-refractivity contribution in [2.75, 3.05) is 6.61 Å². The van der Waals surface area contributed by atoms with Crippen molar-refractivity contribution in [2.45, 2.75) is 13.0 Å². The van der Waals surface area contributed by atoms with Gasteiger partial charge in [-0.1, -0.05) is 0 Å². The number of rotatable bonds is 3. The predicted molar refractivity (Wildman–Crippen MR) is 38.4 cm³/mol. The molecule has 0 aliphatic carbocycles. The van der Waals surface area contributed by atoms with Crippen LogP contribution in [-0.2, 0) is 6.54 Å². The maximum atomic E-state index is 10.8. The fraction of sp³-hybridized carbons (Fsp3) is 0.500. The Morgan fingerprint density at radius 1 is 1.64 bits per heavy atom. The molecule has 1 rings (SSSR count). The third-order valence-electron chi connectivity index (χ3n) is 1.39. The lowest BCUT2D eigenvalue weighted by Gasteiger charge is -1.98. The molecule has 11 heavy (non-hydrogen) atoms. The van der Waals surface area contributed by atoms with E-state index in [1.54, 1.807) is 0 Å². The number of aromatic nitrogens is 2. The Balaban J connectivity index is 2.75. The van der Waals surface area contributed by atoms with E-state index in [4.69, 9.17) is 10.2 Å². The molecule has 0 amide bonds. The largest absolute Gasteiger partial charge is 0.493 e. The van der Waals surface area contributed by atoms with Crippen LogP contribution in [0.25, 0.3) is 0 Å². The molecule has 0 radical (unpaired) electrons. The average Bonchev–Trinajstić information content (AvgIpc) is 2.29. The molecular formula is C6H10N2O3. The monoisotopic (exact) mass is 158 g/mol. The van der Waals surface area contributed by atoms with Crippen molar-refractivity contribution in [1.82, 2.24) is 9.55 Å². The third-order valence-corrected chi connectivity index (χ3v) is 1.39. The topological polar surface area (TPSA) is 78.2 Å². The van der Waals surface area contributed by atoms with E-state index in [0.29, 0.717) is 13.0 Å². The summed E-state index contributed by atoms with van der Waals surface area (Å²) in [6, 6.07) is 0. The Hall–Kier alpha value is -1.23. The van der Waals surface area contributed by atoms with Gasteiger partial charge in [0.2, 0.25) is 5.88 Å². The smallest absolute Gasteiger partial charge is 0.328 e. The second-order valence-corrected chi connectivity index (χ2v) is 2.18. The molecule has 62 valence electrons. The fourth-order valence-electron chi connectivity index (χ4n) is 0.831. The van der Waals surface area contributed by atoms with Gasteiger partial charge in [0.15, 0.2) is 0 Å². The number of hydrogen-bond donors (Lipinski definition) is 3. The molecule has 0 spiro atoms. The first-order valence-corrected chi connectivity index (χ1v) is 3.33. The van der Waals surface area contributed by atoms with E-state index < -0.39 is 0 Å². The molecule has 0 fully saturated rings. The van der Waals surface area contributed by atoms with Gasteiger partial charge in [-0.25, -0.2) is 4.79 Å². The van der Waals surface area contributed by atoms with E-state index in [1.165, 1.54) is 6.20 Å². The zero-order valence-corrected chi connectivity index (χ0v) is 5.95. The van der Waals surface area contributed by atoms with Crippen LogP contribution in [0.15, 0.2) is 11.0 Å². The number of H-pyrrole nitrogens is 1. The molecule has 5 heteroatoms. The quantitative estimate of drug-likeness (QED) is 0.542. The average molecular weight is 158 g/mol. The van der Waals surface area contributed by atoms with Gasteiger partial charge in [0, 0.05) is 13.2 Å². The molecule has 1 aromatic heterocycles. The molecular weight excluding hydrogens is 148 g/mol. The first kappa shape index (κ1) is 7.87. The number of aliphatic hydroxyl groups excluding tert-OH is 1.